The summed E-state index contributed by atoms with van der Waals surface area (Å²) in [5.74, 6) is 1.22. The van der Waals surface area contributed by atoms with Crippen LogP contribution in [0, 0.1) is 0 Å². The first kappa shape index (κ1) is 10.3. The molecule has 0 radical (unpaired) electrons. The molecule has 0 fully saturated rings. The first-order chi connectivity index (χ1) is 6.43. The van der Waals surface area contributed by atoms with Crippen molar-refractivity contribution in [2.24, 2.45) is 4.99 Å². The summed E-state index contributed by atoms with van der Waals surface area (Å²) in [6.45, 7) is 4.20. The van der Waals surface area contributed by atoms with Gasteiger partial charge in [-0.1, -0.05) is 19.1 Å². The third-order valence-corrected chi connectivity index (χ3v) is 2.18. The van der Waals surface area contributed by atoms with Gasteiger partial charge in [0.25, 0.3) is 0 Å². The van der Waals surface area contributed by atoms with Crippen LogP contribution in [0.1, 0.15) is 39.0 Å². The number of hydrogen-bond donors (Lipinski definition) is 1. The molecule has 1 rings (SSSR count). The highest BCUT2D eigenvalue weighted by Gasteiger charge is 2.02. The van der Waals surface area contributed by atoms with Crippen molar-refractivity contribution in [2.75, 3.05) is 13.1 Å². The van der Waals surface area contributed by atoms with Gasteiger partial charge in [0.2, 0.25) is 0 Å². The standard InChI is InChI=1S/C11H20N2/c1-2-3-4-5-6-7-8-11-12-9-10-13-11/h3-4H,2,5-10H2,1H3,(H,12,13)/b4-3+. The lowest BCUT2D eigenvalue weighted by Gasteiger charge is -1.99. The van der Waals surface area contributed by atoms with Gasteiger partial charge < -0.3 is 5.32 Å². The summed E-state index contributed by atoms with van der Waals surface area (Å²) in [6.07, 6.45) is 10.6. The van der Waals surface area contributed by atoms with E-state index in [0.717, 1.165) is 25.9 Å². The Morgan fingerprint density at radius 1 is 1.38 bits per heavy atom. The van der Waals surface area contributed by atoms with E-state index in [1.165, 1.54) is 25.1 Å². The van der Waals surface area contributed by atoms with Gasteiger partial charge in [-0.3, -0.25) is 4.99 Å². The van der Waals surface area contributed by atoms with Gasteiger partial charge in [0.15, 0.2) is 0 Å². The van der Waals surface area contributed by atoms with E-state index in [9.17, 15) is 0 Å². The highest BCUT2D eigenvalue weighted by atomic mass is 15.1. The largest absolute Gasteiger partial charge is 0.372 e. The van der Waals surface area contributed by atoms with Crippen molar-refractivity contribution in [1.29, 1.82) is 0 Å². The molecule has 0 saturated heterocycles. The molecule has 1 heterocycles. The van der Waals surface area contributed by atoms with Crippen LogP contribution >= 0.6 is 0 Å². The van der Waals surface area contributed by atoms with Gasteiger partial charge in [-0.2, -0.15) is 0 Å². The highest BCUT2D eigenvalue weighted by Crippen LogP contribution is 2.03. The van der Waals surface area contributed by atoms with Crippen LogP contribution in [0.25, 0.3) is 0 Å². The lowest BCUT2D eigenvalue weighted by atomic mass is 10.1. The van der Waals surface area contributed by atoms with E-state index < -0.39 is 0 Å². The Morgan fingerprint density at radius 3 is 3.00 bits per heavy atom. The molecule has 74 valence electrons. The van der Waals surface area contributed by atoms with Gasteiger partial charge in [-0.15, -0.1) is 0 Å². The van der Waals surface area contributed by atoms with Gasteiger partial charge in [-0.05, 0) is 25.7 Å². The molecular formula is C11H20N2. The molecule has 0 bridgehead atoms. The van der Waals surface area contributed by atoms with Gasteiger partial charge >= 0.3 is 0 Å². The van der Waals surface area contributed by atoms with Crippen molar-refractivity contribution in [3.8, 4) is 0 Å². The molecule has 0 aliphatic carbocycles. The summed E-state index contributed by atoms with van der Waals surface area (Å²) in [7, 11) is 0. The zero-order chi connectivity index (χ0) is 9.36. The van der Waals surface area contributed by atoms with Crippen molar-refractivity contribution in [3.63, 3.8) is 0 Å². The lowest BCUT2D eigenvalue weighted by molar-refractivity contribution is 0.767. The third kappa shape index (κ3) is 4.71. The van der Waals surface area contributed by atoms with Crippen LogP contribution in [0.5, 0.6) is 0 Å². The van der Waals surface area contributed by atoms with Crippen LogP contribution < -0.4 is 5.32 Å². The molecule has 0 spiro atoms. The number of allylic oxidation sites excluding steroid dienone is 2. The molecular weight excluding hydrogens is 160 g/mol. The Morgan fingerprint density at radius 2 is 2.31 bits per heavy atom. The summed E-state index contributed by atoms with van der Waals surface area (Å²) in [5, 5.41) is 3.29. The van der Waals surface area contributed by atoms with Crippen LogP contribution in [0.2, 0.25) is 0 Å². The van der Waals surface area contributed by atoms with Crippen LogP contribution in [0.3, 0.4) is 0 Å². The zero-order valence-corrected chi connectivity index (χ0v) is 8.55. The number of rotatable bonds is 6. The molecule has 13 heavy (non-hydrogen) atoms. The maximum atomic E-state index is 4.36. The zero-order valence-electron chi connectivity index (χ0n) is 8.55. The fourth-order valence-electron chi connectivity index (χ4n) is 1.45. The fraction of sp³-hybridized carbons (Fsp3) is 0.727. The van der Waals surface area contributed by atoms with Gasteiger partial charge in [0, 0.05) is 13.0 Å². The predicted molar refractivity (Wildman–Crippen MR) is 58.2 cm³/mol. The van der Waals surface area contributed by atoms with Crippen molar-refractivity contribution >= 4 is 5.84 Å². The first-order valence-electron chi connectivity index (χ1n) is 5.35. The Bertz CT molecular complexity index is 183. The second-order valence-corrected chi connectivity index (χ2v) is 3.38. The summed E-state index contributed by atoms with van der Waals surface area (Å²) in [4.78, 5) is 4.36. The molecule has 1 aliphatic rings. The quantitative estimate of drug-likeness (QED) is 0.493. The Balaban J connectivity index is 1.92. The fourth-order valence-corrected chi connectivity index (χ4v) is 1.45. The number of aliphatic imine (C=N–C) groups is 1. The summed E-state index contributed by atoms with van der Waals surface area (Å²) in [6, 6.07) is 0. The Kier molecular flexibility index (Phi) is 5.30. The van der Waals surface area contributed by atoms with Crippen molar-refractivity contribution in [2.45, 2.75) is 39.0 Å². The van der Waals surface area contributed by atoms with Crippen molar-refractivity contribution in [3.05, 3.63) is 12.2 Å². The van der Waals surface area contributed by atoms with Gasteiger partial charge in [-0.25, -0.2) is 0 Å². The second kappa shape index (κ2) is 6.70. The molecule has 0 aromatic heterocycles. The molecule has 0 saturated carbocycles. The van der Waals surface area contributed by atoms with Crippen LogP contribution in [0.4, 0.5) is 0 Å². The smallest absolute Gasteiger partial charge is 0.0964 e. The minimum Gasteiger partial charge on any atom is -0.372 e. The molecule has 2 nitrogen and oxygen atoms in total. The summed E-state index contributed by atoms with van der Waals surface area (Å²) < 4.78 is 0. The molecule has 0 amide bonds. The summed E-state index contributed by atoms with van der Waals surface area (Å²) in [5.41, 5.74) is 0. The molecule has 0 atom stereocenters. The predicted octanol–water partition coefficient (Wildman–Crippen LogP) is 2.51. The number of unbranched alkanes of at least 4 members (excludes halogenated alkanes) is 2. The topological polar surface area (TPSA) is 24.4 Å². The molecule has 2 heteroatoms. The average Bonchev–Trinajstić information content (AvgIpc) is 2.63. The molecule has 0 aromatic carbocycles. The molecule has 0 unspecified atom stereocenters. The van der Waals surface area contributed by atoms with Crippen LogP contribution in [-0.4, -0.2) is 18.9 Å². The van der Waals surface area contributed by atoms with E-state index in [2.05, 4.69) is 29.4 Å². The van der Waals surface area contributed by atoms with E-state index in [1.54, 1.807) is 0 Å². The van der Waals surface area contributed by atoms with Crippen LogP contribution in [-0.2, 0) is 0 Å². The van der Waals surface area contributed by atoms with Crippen molar-refractivity contribution in [1.82, 2.24) is 5.32 Å². The van der Waals surface area contributed by atoms with E-state index in [1.807, 2.05) is 0 Å². The Hall–Kier alpha value is -0.790. The number of nitrogens with zero attached hydrogens (tertiary/aromatic N) is 1. The van der Waals surface area contributed by atoms with Crippen molar-refractivity contribution < 1.29 is 0 Å². The average molecular weight is 180 g/mol. The molecule has 1 N–H and O–H groups in total. The molecule has 0 aromatic rings. The van der Waals surface area contributed by atoms with Gasteiger partial charge in [0.05, 0.1) is 12.4 Å². The van der Waals surface area contributed by atoms with Gasteiger partial charge in [0.1, 0.15) is 0 Å². The number of hydrogen-bond acceptors (Lipinski definition) is 2. The maximum Gasteiger partial charge on any atom is 0.0964 e. The SMILES string of the molecule is CC/C=C/CCCCC1=NCCN1. The van der Waals surface area contributed by atoms with E-state index >= 15 is 0 Å². The second-order valence-electron chi connectivity index (χ2n) is 3.38. The lowest BCUT2D eigenvalue weighted by Crippen LogP contribution is -2.17. The van der Waals surface area contributed by atoms with E-state index in [-0.39, 0.29) is 0 Å². The number of amidine groups is 1. The molecule has 1 aliphatic heterocycles. The van der Waals surface area contributed by atoms with E-state index in [0.29, 0.717) is 0 Å². The normalized spacial score (nSPS) is 16.2. The van der Waals surface area contributed by atoms with Crippen LogP contribution in [0.15, 0.2) is 17.1 Å². The first-order valence-corrected chi connectivity index (χ1v) is 5.35. The Labute approximate surface area is 81.1 Å². The third-order valence-electron chi connectivity index (χ3n) is 2.18. The maximum absolute atomic E-state index is 4.36. The van der Waals surface area contributed by atoms with E-state index in [4.69, 9.17) is 0 Å². The monoisotopic (exact) mass is 180 g/mol. The minimum atomic E-state index is 0.977. The summed E-state index contributed by atoms with van der Waals surface area (Å²) >= 11 is 0. The minimum absolute atomic E-state index is 0.977. The highest BCUT2D eigenvalue weighted by molar-refractivity contribution is 5.83. The number of nitrogens with one attached hydrogen (secondary N) is 1.